The maximum absolute atomic E-state index is 3.87. The highest BCUT2D eigenvalue weighted by Crippen LogP contribution is 2.60. The van der Waals surface area contributed by atoms with Gasteiger partial charge in [0.2, 0.25) is 0 Å². The summed E-state index contributed by atoms with van der Waals surface area (Å²) in [4.78, 5) is 0. The molecular formula is C17H25N. The van der Waals surface area contributed by atoms with E-state index in [-0.39, 0.29) is 0 Å². The Kier molecular flexibility index (Phi) is 2.78. The fraction of sp³-hybridized carbons (Fsp3) is 0.647. The molecule has 1 aliphatic heterocycles. The minimum absolute atomic E-state index is 0.359. The first kappa shape index (κ1) is 12.2. The van der Waals surface area contributed by atoms with E-state index < -0.39 is 0 Å². The topological polar surface area (TPSA) is 12.0 Å². The molecule has 1 aliphatic carbocycles. The lowest BCUT2D eigenvalue weighted by Gasteiger charge is -2.43. The predicted octanol–water partition coefficient (Wildman–Crippen LogP) is 3.96. The van der Waals surface area contributed by atoms with Crippen molar-refractivity contribution in [2.24, 2.45) is 11.3 Å². The molecule has 3 unspecified atom stereocenters. The molecule has 3 rings (SSSR count). The summed E-state index contributed by atoms with van der Waals surface area (Å²) in [5, 5.41) is 3.87. The average Bonchev–Trinajstić information content (AvgIpc) is 2.98. The third-order valence-electron chi connectivity index (χ3n) is 5.18. The van der Waals surface area contributed by atoms with Gasteiger partial charge in [0.25, 0.3) is 0 Å². The normalized spacial score (nSPS) is 35.7. The van der Waals surface area contributed by atoms with Crippen molar-refractivity contribution >= 4 is 0 Å². The van der Waals surface area contributed by atoms with E-state index in [9.17, 15) is 0 Å². The fourth-order valence-electron chi connectivity index (χ4n) is 4.09. The first-order valence-corrected chi connectivity index (χ1v) is 7.34. The third kappa shape index (κ3) is 1.80. The lowest BCUT2D eigenvalue weighted by Crippen LogP contribution is -2.53. The molecule has 1 aromatic carbocycles. The molecule has 3 atom stereocenters. The van der Waals surface area contributed by atoms with Gasteiger partial charge in [-0.2, -0.15) is 0 Å². The van der Waals surface area contributed by atoms with Crippen LogP contribution in [0, 0.1) is 11.3 Å². The molecule has 0 aromatic heterocycles. The monoisotopic (exact) mass is 243 g/mol. The molecule has 98 valence electrons. The summed E-state index contributed by atoms with van der Waals surface area (Å²) in [5.74, 6) is 1.62. The molecule has 0 bridgehead atoms. The van der Waals surface area contributed by atoms with Crippen molar-refractivity contribution in [2.45, 2.75) is 51.5 Å². The van der Waals surface area contributed by atoms with Crippen molar-refractivity contribution in [3.63, 3.8) is 0 Å². The van der Waals surface area contributed by atoms with E-state index in [1.54, 1.807) is 5.56 Å². The molecule has 1 heterocycles. The summed E-state index contributed by atoms with van der Waals surface area (Å²) in [7, 11) is 0. The number of hydrogen-bond donors (Lipinski definition) is 1. The van der Waals surface area contributed by atoms with Crippen molar-refractivity contribution in [3.8, 4) is 0 Å². The van der Waals surface area contributed by atoms with Gasteiger partial charge in [-0.1, -0.05) is 51.1 Å². The lowest BCUT2D eigenvalue weighted by atomic mass is 9.68. The highest BCUT2D eigenvalue weighted by atomic mass is 15.0. The Morgan fingerprint density at radius 3 is 2.44 bits per heavy atom. The summed E-state index contributed by atoms with van der Waals surface area (Å²) >= 11 is 0. The first-order valence-electron chi connectivity index (χ1n) is 7.34. The van der Waals surface area contributed by atoms with Crippen molar-refractivity contribution in [1.29, 1.82) is 0 Å². The van der Waals surface area contributed by atoms with E-state index in [1.807, 2.05) is 0 Å². The zero-order valence-electron chi connectivity index (χ0n) is 11.9. The summed E-state index contributed by atoms with van der Waals surface area (Å²) in [6.45, 7) is 8.43. The summed E-state index contributed by atoms with van der Waals surface area (Å²) in [6.07, 6.45) is 4.06. The molecule has 1 nitrogen and oxygen atoms in total. The van der Waals surface area contributed by atoms with Gasteiger partial charge in [0.15, 0.2) is 0 Å². The molecule has 2 fully saturated rings. The van der Waals surface area contributed by atoms with Crippen LogP contribution in [0.1, 0.15) is 51.5 Å². The maximum atomic E-state index is 3.87. The lowest BCUT2D eigenvalue weighted by molar-refractivity contribution is 0.130. The second-order valence-corrected chi connectivity index (χ2v) is 7.11. The van der Waals surface area contributed by atoms with Gasteiger partial charge in [0, 0.05) is 5.54 Å². The number of hydrogen-bond acceptors (Lipinski definition) is 1. The molecule has 1 saturated carbocycles. The van der Waals surface area contributed by atoms with Crippen LogP contribution in [0.25, 0.3) is 0 Å². The van der Waals surface area contributed by atoms with E-state index in [0.717, 1.165) is 11.8 Å². The molecule has 1 heteroatoms. The minimum Gasteiger partial charge on any atom is -0.310 e. The SMILES string of the molecule is CC(C)(C)C1(C2CC2c2ccccc2)CCCN1. The van der Waals surface area contributed by atoms with Crippen LogP contribution in [0.4, 0.5) is 0 Å². The van der Waals surface area contributed by atoms with Crippen LogP contribution in [0.15, 0.2) is 30.3 Å². The number of rotatable bonds is 2. The van der Waals surface area contributed by atoms with Crippen LogP contribution in [0.3, 0.4) is 0 Å². The van der Waals surface area contributed by atoms with Gasteiger partial charge < -0.3 is 5.32 Å². The Morgan fingerprint density at radius 2 is 1.89 bits per heavy atom. The fourth-order valence-corrected chi connectivity index (χ4v) is 4.09. The Bertz CT molecular complexity index is 409. The second-order valence-electron chi connectivity index (χ2n) is 7.11. The zero-order valence-corrected chi connectivity index (χ0v) is 11.9. The summed E-state index contributed by atoms with van der Waals surface area (Å²) < 4.78 is 0. The van der Waals surface area contributed by atoms with E-state index in [1.165, 1.54) is 25.8 Å². The zero-order chi connectivity index (χ0) is 12.8. The van der Waals surface area contributed by atoms with Gasteiger partial charge >= 0.3 is 0 Å². The van der Waals surface area contributed by atoms with Gasteiger partial charge in [0.1, 0.15) is 0 Å². The number of benzene rings is 1. The van der Waals surface area contributed by atoms with Crippen LogP contribution in [0.5, 0.6) is 0 Å². The predicted molar refractivity (Wildman–Crippen MR) is 76.7 cm³/mol. The van der Waals surface area contributed by atoms with Gasteiger partial charge in [-0.25, -0.2) is 0 Å². The van der Waals surface area contributed by atoms with Crippen LogP contribution in [-0.4, -0.2) is 12.1 Å². The van der Waals surface area contributed by atoms with Crippen LogP contribution in [-0.2, 0) is 0 Å². The van der Waals surface area contributed by atoms with Crippen molar-refractivity contribution < 1.29 is 0 Å². The molecule has 18 heavy (non-hydrogen) atoms. The Labute approximate surface area is 111 Å². The molecule has 2 aliphatic rings. The largest absolute Gasteiger partial charge is 0.310 e. The van der Waals surface area contributed by atoms with E-state index in [4.69, 9.17) is 0 Å². The standard InChI is InChI=1S/C17H25N/c1-16(2,3)17(10-7-11-18-17)15-12-14(15)13-8-5-4-6-9-13/h4-6,8-9,14-15,18H,7,10-12H2,1-3H3. The third-order valence-corrected chi connectivity index (χ3v) is 5.18. The minimum atomic E-state index is 0.359. The van der Waals surface area contributed by atoms with E-state index in [2.05, 4.69) is 56.4 Å². The molecule has 0 spiro atoms. The average molecular weight is 243 g/mol. The molecule has 1 aromatic rings. The highest BCUT2D eigenvalue weighted by molar-refractivity contribution is 5.30. The molecule has 1 N–H and O–H groups in total. The Hall–Kier alpha value is -0.820. The highest BCUT2D eigenvalue weighted by Gasteiger charge is 2.58. The van der Waals surface area contributed by atoms with Crippen LogP contribution >= 0.6 is 0 Å². The van der Waals surface area contributed by atoms with Crippen molar-refractivity contribution in [1.82, 2.24) is 5.32 Å². The molecule has 0 radical (unpaired) electrons. The Morgan fingerprint density at radius 1 is 1.17 bits per heavy atom. The van der Waals surface area contributed by atoms with Crippen LogP contribution in [0.2, 0.25) is 0 Å². The van der Waals surface area contributed by atoms with Crippen molar-refractivity contribution in [2.75, 3.05) is 6.54 Å². The van der Waals surface area contributed by atoms with E-state index in [0.29, 0.717) is 11.0 Å². The van der Waals surface area contributed by atoms with Gasteiger partial charge in [-0.15, -0.1) is 0 Å². The number of nitrogens with one attached hydrogen (secondary N) is 1. The van der Waals surface area contributed by atoms with Crippen LogP contribution < -0.4 is 5.32 Å². The van der Waals surface area contributed by atoms with Crippen molar-refractivity contribution in [3.05, 3.63) is 35.9 Å². The molecule has 1 saturated heterocycles. The Balaban J connectivity index is 1.84. The van der Waals surface area contributed by atoms with Gasteiger partial charge in [-0.05, 0) is 48.6 Å². The van der Waals surface area contributed by atoms with Gasteiger partial charge in [-0.3, -0.25) is 0 Å². The molecule has 0 amide bonds. The summed E-state index contributed by atoms with van der Waals surface area (Å²) in [6, 6.07) is 11.1. The van der Waals surface area contributed by atoms with Gasteiger partial charge in [0.05, 0.1) is 0 Å². The second kappa shape index (κ2) is 4.09. The summed E-state index contributed by atoms with van der Waals surface area (Å²) in [5.41, 5.74) is 2.27. The van der Waals surface area contributed by atoms with E-state index >= 15 is 0 Å². The smallest absolute Gasteiger partial charge is 0.0264 e. The maximum Gasteiger partial charge on any atom is 0.0264 e. The quantitative estimate of drug-likeness (QED) is 0.829. The molecular weight excluding hydrogens is 218 g/mol. The first-order chi connectivity index (χ1) is 8.55.